The molecule has 3 aliphatic rings. The second kappa shape index (κ2) is 5.31. The molecule has 0 bridgehead atoms. The molecule has 0 spiro atoms. The summed E-state index contributed by atoms with van der Waals surface area (Å²) in [7, 11) is 0. The molecule has 2 aliphatic carbocycles. The maximum Gasteiger partial charge on any atom is 0.0734 e. The van der Waals surface area contributed by atoms with Gasteiger partial charge in [0.15, 0.2) is 0 Å². The van der Waals surface area contributed by atoms with Gasteiger partial charge < -0.3 is 0 Å². The summed E-state index contributed by atoms with van der Waals surface area (Å²) in [6.45, 7) is 7.26. The topological polar surface area (TPSA) is 0 Å². The molecule has 2 aromatic carbocycles. The van der Waals surface area contributed by atoms with Gasteiger partial charge in [-0.2, -0.15) is 0 Å². The van der Waals surface area contributed by atoms with Gasteiger partial charge in [0.1, 0.15) is 0 Å². The number of allylic oxidation sites excluding steroid dienone is 1. The summed E-state index contributed by atoms with van der Waals surface area (Å²) in [5.74, 6) is 2.41. The third-order valence-corrected chi connectivity index (χ3v) is 8.88. The smallest absolute Gasteiger partial charge is 0.0734 e. The van der Waals surface area contributed by atoms with Crippen molar-refractivity contribution in [3.8, 4) is 0 Å². The molecule has 126 valence electrons. The third kappa shape index (κ3) is 1.93. The highest BCUT2D eigenvalue weighted by Crippen LogP contribution is 2.73. The first-order chi connectivity index (χ1) is 12.1. The van der Waals surface area contributed by atoms with Gasteiger partial charge in [-0.3, -0.25) is 0 Å². The highest BCUT2D eigenvalue weighted by Gasteiger charge is 2.61. The van der Waals surface area contributed by atoms with Crippen LogP contribution in [-0.4, -0.2) is 16.3 Å². The molecule has 0 saturated carbocycles. The molecule has 1 heterocycles. The van der Waals surface area contributed by atoms with E-state index < -0.39 is 0 Å². The fourth-order valence-corrected chi connectivity index (χ4v) is 7.79. The predicted octanol–water partition coefficient (Wildman–Crippen LogP) is 6.60. The van der Waals surface area contributed by atoms with Gasteiger partial charge in [0.25, 0.3) is 0 Å². The molecule has 0 saturated heterocycles. The molecular weight excluding hydrogens is 340 g/mol. The number of fused-ring (bicyclic) bond motifs is 3. The van der Waals surface area contributed by atoms with Gasteiger partial charge in [-0.15, -0.1) is 23.5 Å². The Morgan fingerprint density at radius 2 is 1.48 bits per heavy atom. The van der Waals surface area contributed by atoms with Crippen LogP contribution in [0.3, 0.4) is 0 Å². The average Bonchev–Trinajstić information content (AvgIpc) is 2.74. The molecule has 0 N–H and O–H groups in total. The van der Waals surface area contributed by atoms with E-state index in [1.807, 2.05) is 0 Å². The first kappa shape index (κ1) is 15.8. The maximum absolute atomic E-state index is 2.42. The first-order valence-electron chi connectivity index (χ1n) is 8.97. The van der Waals surface area contributed by atoms with Crippen LogP contribution < -0.4 is 0 Å². The summed E-state index contributed by atoms with van der Waals surface area (Å²) in [6.07, 6.45) is 0. The van der Waals surface area contributed by atoms with Crippen molar-refractivity contribution in [3.63, 3.8) is 0 Å². The Kier molecular flexibility index (Phi) is 3.37. The lowest BCUT2D eigenvalue weighted by Crippen LogP contribution is -2.49. The lowest BCUT2D eigenvalue weighted by Gasteiger charge is -2.55. The van der Waals surface area contributed by atoms with E-state index in [1.54, 1.807) is 16.1 Å². The molecule has 0 aromatic heterocycles. The second-order valence-electron chi connectivity index (χ2n) is 7.99. The quantitative estimate of drug-likeness (QED) is 0.560. The maximum atomic E-state index is 2.42. The van der Waals surface area contributed by atoms with Crippen LogP contribution in [0.1, 0.15) is 37.5 Å². The molecule has 5 rings (SSSR count). The lowest BCUT2D eigenvalue weighted by atomic mass is 9.58. The van der Waals surface area contributed by atoms with E-state index in [9.17, 15) is 0 Å². The average molecular weight is 363 g/mol. The number of hydrogen-bond donors (Lipinski definition) is 0. The van der Waals surface area contributed by atoms with Gasteiger partial charge in [0.05, 0.1) is 4.75 Å². The van der Waals surface area contributed by atoms with E-state index in [0.717, 1.165) is 0 Å². The van der Waals surface area contributed by atoms with Crippen molar-refractivity contribution in [2.75, 3.05) is 11.5 Å². The Bertz CT molecular complexity index is 928. The summed E-state index contributed by atoms with van der Waals surface area (Å²) in [6, 6.07) is 20.1. The van der Waals surface area contributed by atoms with Gasteiger partial charge in [0.2, 0.25) is 0 Å². The molecule has 0 fully saturated rings. The minimum Gasteiger partial charge on any atom is -0.144 e. The van der Waals surface area contributed by atoms with Crippen LogP contribution in [0.25, 0.3) is 16.1 Å². The summed E-state index contributed by atoms with van der Waals surface area (Å²) in [4.78, 5) is 1.55. The van der Waals surface area contributed by atoms with E-state index in [0.29, 0.717) is 0 Å². The van der Waals surface area contributed by atoms with Crippen molar-refractivity contribution in [2.24, 2.45) is 5.41 Å². The van der Waals surface area contributed by atoms with E-state index >= 15 is 0 Å². The standard InChI is InChI=1S/C23H22S2/c1-22(2,3)23-19(15-9-5-4-6-10-15)18-16-11-7-8-12-17(16)21(20(18)23)24-13-14-25-23/h4-12H,13-14H2,1-3H3/t23-/m1/s1. The van der Waals surface area contributed by atoms with E-state index in [-0.39, 0.29) is 10.2 Å². The minimum atomic E-state index is 0.0987. The SMILES string of the molecule is CC(C)(C)[C@]12SCCSC3=C1C(=C2c1ccccc1)c1ccccc13. The van der Waals surface area contributed by atoms with Gasteiger partial charge in [-0.05, 0) is 38.8 Å². The van der Waals surface area contributed by atoms with Crippen LogP contribution in [0.5, 0.6) is 0 Å². The van der Waals surface area contributed by atoms with Crippen molar-refractivity contribution < 1.29 is 0 Å². The van der Waals surface area contributed by atoms with Crippen LogP contribution in [0, 0.1) is 5.41 Å². The summed E-state index contributed by atoms with van der Waals surface area (Å²) in [5.41, 5.74) is 9.18. The van der Waals surface area contributed by atoms with Crippen molar-refractivity contribution in [3.05, 3.63) is 76.9 Å². The summed E-state index contributed by atoms with van der Waals surface area (Å²) < 4.78 is 0.0987. The lowest BCUT2D eigenvalue weighted by molar-refractivity contribution is 0.369. The van der Waals surface area contributed by atoms with Gasteiger partial charge in [0, 0.05) is 16.4 Å². The molecule has 0 unspecified atom stereocenters. The monoisotopic (exact) mass is 362 g/mol. The molecule has 0 radical (unpaired) electrons. The van der Waals surface area contributed by atoms with Crippen molar-refractivity contribution in [1.82, 2.24) is 0 Å². The van der Waals surface area contributed by atoms with Crippen LogP contribution in [0.2, 0.25) is 0 Å². The molecule has 1 atom stereocenters. The third-order valence-electron chi connectivity index (χ3n) is 5.64. The Morgan fingerprint density at radius 3 is 2.20 bits per heavy atom. The van der Waals surface area contributed by atoms with Gasteiger partial charge in [-0.25, -0.2) is 0 Å². The fourth-order valence-electron chi connectivity index (χ4n) is 4.67. The Morgan fingerprint density at radius 1 is 0.800 bits per heavy atom. The molecule has 2 aromatic rings. The van der Waals surface area contributed by atoms with Crippen LogP contribution in [-0.2, 0) is 0 Å². The fraction of sp³-hybridized carbons (Fsp3) is 0.304. The molecule has 2 heteroatoms. The summed E-state index contributed by atoms with van der Waals surface area (Å²) >= 11 is 4.24. The Labute approximate surface area is 158 Å². The van der Waals surface area contributed by atoms with Crippen LogP contribution >= 0.6 is 23.5 Å². The van der Waals surface area contributed by atoms with E-state index in [1.165, 1.54) is 33.8 Å². The van der Waals surface area contributed by atoms with E-state index in [2.05, 4.69) is 98.9 Å². The Hall–Kier alpha value is -1.38. The highest BCUT2D eigenvalue weighted by molar-refractivity contribution is 8.10. The largest absolute Gasteiger partial charge is 0.144 e. The van der Waals surface area contributed by atoms with Crippen molar-refractivity contribution >= 4 is 39.6 Å². The molecule has 25 heavy (non-hydrogen) atoms. The number of hydrogen-bond acceptors (Lipinski definition) is 2. The van der Waals surface area contributed by atoms with Gasteiger partial charge in [-0.1, -0.05) is 75.4 Å². The molecule has 1 aliphatic heterocycles. The normalized spacial score (nSPS) is 24.6. The van der Waals surface area contributed by atoms with Crippen LogP contribution in [0.4, 0.5) is 0 Å². The number of benzene rings is 2. The van der Waals surface area contributed by atoms with Crippen molar-refractivity contribution in [2.45, 2.75) is 25.5 Å². The zero-order valence-corrected chi connectivity index (χ0v) is 16.6. The second-order valence-corrected chi connectivity index (χ2v) is 10.4. The van der Waals surface area contributed by atoms with Gasteiger partial charge >= 0.3 is 0 Å². The number of rotatable bonds is 1. The summed E-state index contributed by atoms with van der Waals surface area (Å²) in [5, 5.41) is 0. The number of thioether (sulfide) groups is 2. The minimum absolute atomic E-state index is 0.0987. The molecular formula is C23H22S2. The molecule has 0 nitrogen and oxygen atoms in total. The highest BCUT2D eigenvalue weighted by atomic mass is 32.2. The van der Waals surface area contributed by atoms with Crippen molar-refractivity contribution in [1.29, 1.82) is 0 Å². The zero-order chi connectivity index (χ0) is 17.2. The Balaban J connectivity index is 1.90. The van der Waals surface area contributed by atoms with Crippen LogP contribution in [0.15, 0.2) is 60.2 Å². The predicted molar refractivity (Wildman–Crippen MR) is 114 cm³/mol. The first-order valence-corrected chi connectivity index (χ1v) is 10.9. The zero-order valence-electron chi connectivity index (χ0n) is 14.9. The van der Waals surface area contributed by atoms with E-state index in [4.69, 9.17) is 0 Å². The molecule has 0 amide bonds.